The maximum Gasteiger partial charge on any atom is 0.248 e. The van der Waals surface area contributed by atoms with E-state index in [1.807, 2.05) is 0 Å². The van der Waals surface area contributed by atoms with Gasteiger partial charge in [-0.15, -0.1) is 0 Å². The minimum absolute atomic E-state index is 0.0849. The van der Waals surface area contributed by atoms with E-state index >= 15 is 0 Å². The number of aryl methyl sites for hydroxylation is 1. The SMILES string of the molecule is Cn1cc(C(N)C(=O)Nc2cc(C(N)=O)ccc2F)cn1. The van der Waals surface area contributed by atoms with Crippen molar-refractivity contribution in [1.29, 1.82) is 0 Å². The normalized spacial score (nSPS) is 12.0. The maximum absolute atomic E-state index is 13.6. The zero-order valence-electron chi connectivity index (χ0n) is 11.2. The molecule has 0 aliphatic carbocycles. The van der Waals surface area contributed by atoms with Crippen LogP contribution < -0.4 is 16.8 Å². The van der Waals surface area contributed by atoms with Crippen molar-refractivity contribution in [2.24, 2.45) is 18.5 Å². The molecule has 7 nitrogen and oxygen atoms in total. The summed E-state index contributed by atoms with van der Waals surface area (Å²) in [5.74, 6) is -2.03. The second-order valence-electron chi connectivity index (χ2n) is 4.47. The number of hydrogen-bond acceptors (Lipinski definition) is 4. The van der Waals surface area contributed by atoms with Crippen molar-refractivity contribution < 1.29 is 14.0 Å². The predicted molar refractivity (Wildman–Crippen MR) is 73.7 cm³/mol. The molecule has 1 unspecified atom stereocenters. The molecule has 8 heteroatoms. The Morgan fingerprint density at radius 2 is 2.14 bits per heavy atom. The zero-order chi connectivity index (χ0) is 15.6. The fourth-order valence-electron chi connectivity index (χ4n) is 1.74. The maximum atomic E-state index is 13.6. The third-order valence-electron chi connectivity index (χ3n) is 2.88. The average Bonchev–Trinajstić information content (AvgIpc) is 2.86. The number of aromatic nitrogens is 2. The summed E-state index contributed by atoms with van der Waals surface area (Å²) in [7, 11) is 1.68. The van der Waals surface area contributed by atoms with Gasteiger partial charge in [-0.1, -0.05) is 0 Å². The van der Waals surface area contributed by atoms with Crippen LogP contribution in [0.2, 0.25) is 0 Å². The quantitative estimate of drug-likeness (QED) is 0.751. The number of amides is 2. The van der Waals surface area contributed by atoms with Crippen molar-refractivity contribution in [3.63, 3.8) is 0 Å². The summed E-state index contributed by atoms with van der Waals surface area (Å²) < 4.78 is 15.1. The monoisotopic (exact) mass is 291 g/mol. The molecule has 0 aliphatic rings. The number of carbonyl (C=O) groups is 2. The molecule has 110 valence electrons. The van der Waals surface area contributed by atoms with Crippen LogP contribution in [0.4, 0.5) is 10.1 Å². The lowest BCUT2D eigenvalue weighted by Gasteiger charge is -2.12. The highest BCUT2D eigenvalue weighted by Gasteiger charge is 2.19. The third kappa shape index (κ3) is 3.23. The molecule has 0 fully saturated rings. The number of halogens is 1. The third-order valence-corrected chi connectivity index (χ3v) is 2.88. The minimum atomic E-state index is -1.00. The second kappa shape index (κ2) is 5.71. The van der Waals surface area contributed by atoms with Gasteiger partial charge in [-0.05, 0) is 18.2 Å². The van der Waals surface area contributed by atoms with Gasteiger partial charge in [0.25, 0.3) is 0 Å². The number of carbonyl (C=O) groups excluding carboxylic acids is 2. The van der Waals surface area contributed by atoms with E-state index in [-0.39, 0.29) is 11.3 Å². The molecule has 0 bridgehead atoms. The number of nitrogens with one attached hydrogen (secondary N) is 1. The van der Waals surface area contributed by atoms with Crippen molar-refractivity contribution in [2.45, 2.75) is 6.04 Å². The molecule has 5 N–H and O–H groups in total. The first kappa shape index (κ1) is 14.7. The summed E-state index contributed by atoms with van der Waals surface area (Å²) in [5.41, 5.74) is 11.3. The molecular formula is C13H14FN5O2. The molecule has 2 amide bonds. The molecule has 2 aromatic rings. The van der Waals surface area contributed by atoms with Crippen LogP contribution in [0.25, 0.3) is 0 Å². The molecule has 0 spiro atoms. The highest BCUT2D eigenvalue weighted by Crippen LogP contribution is 2.18. The van der Waals surface area contributed by atoms with Crippen LogP contribution in [0.15, 0.2) is 30.6 Å². The minimum Gasteiger partial charge on any atom is -0.366 e. The number of anilines is 1. The van der Waals surface area contributed by atoms with Crippen LogP contribution in [0.5, 0.6) is 0 Å². The summed E-state index contributed by atoms with van der Waals surface area (Å²) in [6.07, 6.45) is 3.03. The lowest BCUT2D eigenvalue weighted by Crippen LogP contribution is -2.28. The van der Waals surface area contributed by atoms with Gasteiger partial charge in [-0.2, -0.15) is 5.10 Å². The van der Waals surface area contributed by atoms with Crippen LogP contribution in [0, 0.1) is 5.82 Å². The first-order chi connectivity index (χ1) is 9.88. The molecule has 0 saturated heterocycles. The molecule has 1 atom stereocenters. The van der Waals surface area contributed by atoms with E-state index in [0.717, 1.165) is 12.1 Å². The Labute approximate surface area is 119 Å². The Balaban J connectivity index is 2.19. The van der Waals surface area contributed by atoms with Crippen molar-refractivity contribution in [3.8, 4) is 0 Å². The van der Waals surface area contributed by atoms with Crippen LogP contribution >= 0.6 is 0 Å². The molecule has 1 heterocycles. The van der Waals surface area contributed by atoms with E-state index < -0.39 is 23.7 Å². The van der Waals surface area contributed by atoms with Gasteiger partial charge in [0.05, 0.1) is 11.9 Å². The molecular weight excluding hydrogens is 277 g/mol. The van der Waals surface area contributed by atoms with Gasteiger partial charge in [0.15, 0.2) is 0 Å². The van der Waals surface area contributed by atoms with Gasteiger partial charge in [0, 0.05) is 24.4 Å². The standard InChI is InChI=1S/C13H14FN5O2/c1-19-6-8(5-17-19)11(15)13(21)18-10-4-7(12(16)20)2-3-9(10)14/h2-6,11H,15H2,1H3,(H2,16,20)(H,18,21). The Bertz CT molecular complexity index is 698. The van der Waals surface area contributed by atoms with E-state index in [2.05, 4.69) is 10.4 Å². The molecule has 2 rings (SSSR count). The van der Waals surface area contributed by atoms with Crippen molar-refractivity contribution in [3.05, 3.63) is 47.5 Å². The Hall–Kier alpha value is -2.74. The van der Waals surface area contributed by atoms with Crippen molar-refractivity contribution in [2.75, 3.05) is 5.32 Å². The topological polar surface area (TPSA) is 116 Å². The Morgan fingerprint density at radius 3 is 2.71 bits per heavy atom. The largest absolute Gasteiger partial charge is 0.366 e. The van der Waals surface area contributed by atoms with E-state index in [9.17, 15) is 14.0 Å². The fraction of sp³-hybridized carbons (Fsp3) is 0.154. The molecule has 0 radical (unpaired) electrons. The smallest absolute Gasteiger partial charge is 0.248 e. The Kier molecular flexibility index (Phi) is 3.99. The number of rotatable bonds is 4. The summed E-state index contributed by atoms with van der Waals surface area (Å²) in [4.78, 5) is 23.1. The Morgan fingerprint density at radius 1 is 1.43 bits per heavy atom. The lowest BCUT2D eigenvalue weighted by molar-refractivity contribution is -0.117. The van der Waals surface area contributed by atoms with Crippen LogP contribution in [0.3, 0.4) is 0 Å². The molecule has 0 aliphatic heterocycles. The number of nitrogens with zero attached hydrogens (tertiary/aromatic N) is 2. The van der Waals surface area contributed by atoms with E-state index in [0.29, 0.717) is 5.56 Å². The first-order valence-electron chi connectivity index (χ1n) is 6.03. The molecule has 1 aromatic carbocycles. The number of primary amides is 1. The number of nitrogens with two attached hydrogens (primary N) is 2. The second-order valence-corrected chi connectivity index (χ2v) is 4.47. The van der Waals surface area contributed by atoms with E-state index in [1.54, 1.807) is 13.2 Å². The highest BCUT2D eigenvalue weighted by atomic mass is 19.1. The summed E-state index contributed by atoms with van der Waals surface area (Å²) >= 11 is 0. The summed E-state index contributed by atoms with van der Waals surface area (Å²) in [6.45, 7) is 0. The molecule has 1 aromatic heterocycles. The van der Waals surface area contributed by atoms with Crippen LogP contribution in [-0.4, -0.2) is 21.6 Å². The first-order valence-corrected chi connectivity index (χ1v) is 6.03. The zero-order valence-corrected chi connectivity index (χ0v) is 11.2. The van der Waals surface area contributed by atoms with Gasteiger partial charge in [-0.25, -0.2) is 4.39 Å². The van der Waals surface area contributed by atoms with Gasteiger partial charge in [0.2, 0.25) is 11.8 Å². The molecule has 0 saturated carbocycles. The van der Waals surface area contributed by atoms with Gasteiger partial charge < -0.3 is 16.8 Å². The predicted octanol–water partition coefficient (Wildman–Crippen LogP) is 0.297. The van der Waals surface area contributed by atoms with Crippen molar-refractivity contribution >= 4 is 17.5 Å². The van der Waals surface area contributed by atoms with Crippen LogP contribution in [-0.2, 0) is 11.8 Å². The average molecular weight is 291 g/mol. The lowest BCUT2D eigenvalue weighted by atomic mass is 10.1. The van der Waals surface area contributed by atoms with Crippen LogP contribution in [0.1, 0.15) is 22.0 Å². The summed E-state index contributed by atoms with van der Waals surface area (Å²) in [6, 6.07) is 2.43. The van der Waals surface area contributed by atoms with Crippen molar-refractivity contribution in [1.82, 2.24) is 9.78 Å². The number of hydrogen-bond donors (Lipinski definition) is 3. The fourth-order valence-corrected chi connectivity index (χ4v) is 1.74. The number of benzene rings is 1. The van der Waals surface area contributed by atoms with Gasteiger partial charge in [0.1, 0.15) is 11.9 Å². The van der Waals surface area contributed by atoms with E-state index in [4.69, 9.17) is 11.5 Å². The summed E-state index contributed by atoms with van der Waals surface area (Å²) in [5, 5.41) is 6.23. The highest BCUT2D eigenvalue weighted by molar-refractivity contribution is 5.98. The van der Waals surface area contributed by atoms with Gasteiger partial charge in [-0.3, -0.25) is 14.3 Å². The van der Waals surface area contributed by atoms with E-state index in [1.165, 1.54) is 16.9 Å². The molecule has 21 heavy (non-hydrogen) atoms. The van der Waals surface area contributed by atoms with Gasteiger partial charge >= 0.3 is 0 Å².